The number of hydrogen-bond donors (Lipinski definition) is 2. The third-order valence-corrected chi connectivity index (χ3v) is 9.04. The Balaban J connectivity index is 1.54. The van der Waals surface area contributed by atoms with Gasteiger partial charge in [0.2, 0.25) is 6.41 Å². The molecule has 52 heavy (non-hydrogen) atoms. The number of alkyl halides is 4. The third kappa shape index (κ3) is 8.89. The number of ether oxygens (including phenoxy) is 1. The first-order valence-electron chi connectivity index (χ1n) is 16.4. The smallest absolute Gasteiger partial charge is 0.407 e. The molecular formula is C35H40ClF4N9O3. The van der Waals surface area contributed by atoms with Gasteiger partial charge >= 0.3 is 12.6 Å². The fraction of sp³-hybridized carbons (Fsp3) is 0.429. The molecule has 0 spiro atoms. The van der Waals surface area contributed by atoms with Gasteiger partial charge in [0.15, 0.2) is 11.8 Å². The maximum absolute atomic E-state index is 13.8. The number of hydrogen-bond acceptors (Lipinski definition) is 7. The van der Waals surface area contributed by atoms with Gasteiger partial charge in [0, 0.05) is 17.3 Å². The predicted molar refractivity (Wildman–Crippen MR) is 186 cm³/mol. The van der Waals surface area contributed by atoms with E-state index in [0.29, 0.717) is 39.8 Å². The number of nitrogens with two attached hydrogens (primary N) is 1. The number of carbonyl (C=O) groups is 2. The van der Waals surface area contributed by atoms with Gasteiger partial charge in [-0.3, -0.25) is 9.69 Å². The molecule has 1 aliphatic carbocycles. The minimum Gasteiger partial charge on any atom is -0.447 e. The zero-order valence-corrected chi connectivity index (χ0v) is 30.0. The average Bonchev–Trinajstić information content (AvgIpc) is 3.43. The quantitative estimate of drug-likeness (QED) is 0.0622. The van der Waals surface area contributed by atoms with Gasteiger partial charge in [-0.25, -0.2) is 32.9 Å². The van der Waals surface area contributed by atoms with Crippen molar-refractivity contribution in [3.05, 3.63) is 83.2 Å². The highest BCUT2D eigenvalue weighted by molar-refractivity contribution is 6.32. The minimum absolute atomic E-state index is 0.0463. The third-order valence-electron chi connectivity index (χ3n) is 8.72. The molecule has 1 fully saturated rings. The van der Waals surface area contributed by atoms with Crippen LogP contribution in [-0.2, 0) is 15.1 Å². The number of alkyl carbamates (subject to hydrolysis) is 1. The first-order chi connectivity index (χ1) is 24.4. The zero-order valence-electron chi connectivity index (χ0n) is 29.2. The van der Waals surface area contributed by atoms with Gasteiger partial charge in [0.25, 0.3) is 6.43 Å². The van der Waals surface area contributed by atoms with Crippen molar-refractivity contribution >= 4 is 30.1 Å². The number of benzene rings is 2. The van der Waals surface area contributed by atoms with Crippen molar-refractivity contribution < 1.29 is 31.9 Å². The second-order valence-corrected chi connectivity index (χ2v) is 14.8. The van der Waals surface area contributed by atoms with Gasteiger partial charge in [-0.15, -0.1) is 0 Å². The summed E-state index contributed by atoms with van der Waals surface area (Å²) < 4.78 is 60.9. The van der Waals surface area contributed by atoms with Crippen LogP contribution in [0, 0.1) is 5.41 Å². The second kappa shape index (κ2) is 14.9. The normalized spacial score (nSPS) is 16.0. The van der Waals surface area contributed by atoms with Crippen LogP contribution in [-0.4, -0.2) is 60.1 Å². The van der Waals surface area contributed by atoms with E-state index >= 15 is 0 Å². The molecule has 278 valence electrons. The Labute approximate surface area is 303 Å². The number of carbonyl (C=O) groups excluding carboxylic acids is 2. The van der Waals surface area contributed by atoms with E-state index in [1.54, 1.807) is 30.3 Å². The average molecular weight is 746 g/mol. The standard InChI is InChI=1S/C35H40ClF4N9O3/c1-33(2,3)18-35(5,24-9-6-21(7-10-24)23-15-43-48(16-23)30(39)40)45-31(41)47(20-50)27(17-52-32(51)46-34(4)12-13-34)22-8-11-25(36)26(14-22)49-29(28(37)38)42-19-44-49/h6-11,14-16,19-20,27-28,30H,12-13,17-18H2,1-5H3,(H2,41,45)(H,46,51)/t27-,35-/m1/s1. The van der Waals surface area contributed by atoms with E-state index < -0.39 is 48.6 Å². The van der Waals surface area contributed by atoms with Crippen LogP contribution in [0.3, 0.4) is 0 Å². The molecule has 17 heteroatoms. The van der Waals surface area contributed by atoms with Crippen LogP contribution in [0.5, 0.6) is 0 Å². The van der Waals surface area contributed by atoms with Crippen LogP contribution in [0.25, 0.3) is 16.8 Å². The van der Waals surface area contributed by atoms with Gasteiger partial charge in [0.05, 0.1) is 28.5 Å². The Bertz CT molecular complexity index is 1920. The molecule has 2 aromatic heterocycles. The van der Waals surface area contributed by atoms with E-state index in [0.717, 1.165) is 28.8 Å². The number of nitrogens with one attached hydrogen (secondary N) is 1. The molecule has 2 amide bonds. The number of aliphatic imine (C=N–C) groups is 1. The highest BCUT2D eigenvalue weighted by Crippen LogP contribution is 2.40. The van der Waals surface area contributed by atoms with Crippen LogP contribution in [0.15, 0.2) is 66.2 Å². The van der Waals surface area contributed by atoms with E-state index in [2.05, 4.69) is 20.5 Å². The molecule has 1 saturated carbocycles. The summed E-state index contributed by atoms with van der Waals surface area (Å²) in [4.78, 5) is 35.4. The lowest BCUT2D eigenvalue weighted by molar-refractivity contribution is -0.117. The molecular weight excluding hydrogens is 706 g/mol. The van der Waals surface area contributed by atoms with Crippen LogP contribution < -0.4 is 11.1 Å². The molecule has 3 N–H and O–H groups in total. The first-order valence-corrected chi connectivity index (χ1v) is 16.7. The lowest BCUT2D eigenvalue weighted by atomic mass is 9.77. The van der Waals surface area contributed by atoms with E-state index in [9.17, 15) is 27.2 Å². The number of guanidine groups is 1. The molecule has 0 unspecified atom stereocenters. The summed E-state index contributed by atoms with van der Waals surface area (Å²) in [5.41, 5.74) is 7.16. The van der Waals surface area contributed by atoms with Gasteiger partial charge in [-0.2, -0.15) is 19.0 Å². The summed E-state index contributed by atoms with van der Waals surface area (Å²) in [5, 5.41) is 10.5. The summed E-state index contributed by atoms with van der Waals surface area (Å²) in [6.07, 6.45) is 2.34. The Kier molecular flexibility index (Phi) is 11.0. The molecule has 12 nitrogen and oxygen atoms in total. The molecule has 0 aliphatic heterocycles. The lowest BCUT2D eigenvalue weighted by Crippen LogP contribution is -2.44. The Morgan fingerprint density at radius 3 is 2.38 bits per heavy atom. The van der Waals surface area contributed by atoms with Crippen LogP contribution in [0.4, 0.5) is 22.4 Å². The molecule has 4 aromatic rings. The SMILES string of the molecule is CC(C)(C)C[C@@](C)(N=C(N)N(C=O)[C@H](COC(=O)NC1(C)CC1)c1ccc(Cl)c(-n2ncnc2C(F)F)c1)c1ccc(-c2cnn(C(F)F)c2)cc1. The lowest BCUT2D eigenvalue weighted by Gasteiger charge is -2.35. The molecule has 0 saturated heterocycles. The van der Waals surface area contributed by atoms with Crippen molar-refractivity contribution in [2.45, 2.75) is 84.0 Å². The van der Waals surface area contributed by atoms with Crippen molar-refractivity contribution in [3.8, 4) is 16.8 Å². The van der Waals surface area contributed by atoms with Crippen LogP contribution >= 0.6 is 11.6 Å². The predicted octanol–water partition coefficient (Wildman–Crippen LogP) is 7.56. The monoisotopic (exact) mass is 745 g/mol. The summed E-state index contributed by atoms with van der Waals surface area (Å²) in [7, 11) is 0. The number of nitrogens with zero attached hydrogens (tertiary/aromatic N) is 7. The molecule has 2 atom stereocenters. The van der Waals surface area contributed by atoms with Gasteiger partial charge < -0.3 is 15.8 Å². The first kappa shape index (κ1) is 38.2. The largest absolute Gasteiger partial charge is 0.447 e. The van der Waals surface area contributed by atoms with Crippen LogP contribution in [0.2, 0.25) is 5.02 Å². The number of halogens is 5. The molecule has 1 aliphatic rings. The fourth-order valence-electron chi connectivity index (χ4n) is 6.02. The van der Waals surface area contributed by atoms with Gasteiger partial charge in [-0.05, 0) is 67.3 Å². The van der Waals surface area contributed by atoms with E-state index in [-0.39, 0.29) is 22.1 Å². The minimum atomic E-state index is -2.96. The van der Waals surface area contributed by atoms with Crippen molar-refractivity contribution in [1.29, 1.82) is 0 Å². The topological polar surface area (TPSA) is 146 Å². The second-order valence-electron chi connectivity index (χ2n) is 14.4. The molecule has 0 radical (unpaired) electrons. The Morgan fingerprint density at radius 1 is 1.12 bits per heavy atom. The fourth-order valence-corrected chi connectivity index (χ4v) is 6.22. The van der Waals surface area contributed by atoms with Crippen molar-refractivity contribution in [2.24, 2.45) is 16.1 Å². The van der Waals surface area contributed by atoms with Crippen molar-refractivity contribution in [2.75, 3.05) is 6.61 Å². The van der Waals surface area contributed by atoms with Gasteiger partial charge in [0.1, 0.15) is 12.9 Å². The van der Waals surface area contributed by atoms with E-state index in [4.69, 9.17) is 27.1 Å². The van der Waals surface area contributed by atoms with Crippen molar-refractivity contribution in [3.63, 3.8) is 0 Å². The van der Waals surface area contributed by atoms with Crippen LogP contribution in [0.1, 0.15) is 89.8 Å². The van der Waals surface area contributed by atoms with Crippen molar-refractivity contribution in [1.82, 2.24) is 34.8 Å². The zero-order chi connectivity index (χ0) is 38.0. The summed E-state index contributed by atoms with van der Waals surface area (Å²) in [6, 6.07) is 10.4. The molecule has 2 aromatic carbocycles. The summed E-state index contributed by atoms with van der Waals surface area (Å²) in [6.45, 7) is 6.61. The highest BCUT2D eigenvalue weighted by Gasteiger charge is 2.40. The Morgan fingerprint density at radius 2 is 1.81 bits per heavy atom. The maximum atomic E-state index is 13.8. The summed E-state index contributed by atoms with van der Waals surface area (Å²) in [5.74, 6) is -0.873. The van der Waals surface area contributed by atoms with E-state index in [1.807, 2.05) is 34.6 Å². The van der Waals surface area contributed by atoms with E-state index in [1.165, 1.54) is 24.5 Å². The maximum Gasteiger partial charge on any atom is 0.407 e. The number of aromatic nitrogens is 5. The highest BCUT2D eigenvalue weighted by atomic mass is 35.5. The summed E-state index contributed by atoms with van der Waals surface area (Å²) >= 11 is 6.44. The number of amides is 2. The Hall–Kier alpha value is -4.99. The molecule has 2 heterocycles. The molecule has 5 rings (SSSR count). The van der Waals surface area contributed by atoms with Gasteiger partial charge in [-0.1, -0.05) is 62.7 Å². The molecule has 0 bridgehead atoms. The number of rotatable bonds is 13.